The minimum absolute atomic E-state index is 0.0915. The Morgan fingerprint density at radius 1 is 1.67 bits per heavy atom. The molecule has 0 saturated heterocycles. The summed E-state index contributed by atoms with van der Waals surface area (Å²) in [7, 11) is 0. The topological polar surface area (TPSA) is 112 Å². The summed E-state index contributed by atoms with van der Waals surface area (Å²) < 4.78 is 4.48. The quantitative estimate of drug-likeness (QED) is 0.569. The molecule has 0 atom stereocenters. The molecule has 64 valence electrons. The molecule has 0 spiro atoms. The van der Waals surface area contributed by atoms with E-state index in [1.165, 1.54) is 0 Å². The van der Waals surface area contributed by atoms with Crippen molar-refractivity contribution in [3.8, 4) is 0 Å². The lowest BCUT2D eigenvalue weighted by Gasteiger charge is -1.89. The highest BCUT2D eigenvalue weighted by atomic mass is 16.5. The number of nitrogens with two attached hydrogens (primary N) is 2. The molecular weight excluding hydrogens is 162 g/mol. The molecule has 0 aliphatic rings. The van der Waals surface area contributed by atoms with Crippen LogP contribution in [0.3, 0.4) is 0 Å². The third-order valence-electron chi connectivity index (χ3n) is 1.29. The molecule has 1 aromatic heterocycles. The Balaban J connectivity index is 2.99. The summed E-state index contributed by atoms with van der Waals surface area (Å²) in [4.78, 5) is 20.8. The summed E-state index contributed by atoms with van der Waals surface area (Å²) >= 11 is 0. The summed E-state index contributed by atoms with van der Waals surface area (Å²) in [6.45, 7) is 0. The van der Waals surface area contributed by atoms with Crippen molar-refractivity contribution in [1.29, 1.82) is 0 Å². The largest absolute Gasteiger partial charge is 0.369 e. The number of nitrogen functional groups attached to an aromatic ring is 1. The van der Waals surface area contributed by atoms with Gasteiger partial charge in [-0.1, -0.05) is 5.16 Å². The zero-order valence-corrected chi connectivity index (χ0v) is 6.11. The lowest BCUT2D eigenvalue weighted by atomic mass is 10.2. The number of aldehydes is 1. The van der Waals surface area contributed by atoms with Gasteiger partial charge in [0.25, 0.3) is 0 Å². The fourth-order valence-corrected chi connectivity index (χ4v) is 0.763. The molecule has 1 rings (SSSR count). The molecule has 0 unspecified atom stereocenters. The van der Waals surface area contributed by atoms with Crippen LogP contribution in [0.4, 0.5) is 5.88 Å². The smallest absolute Gasteiger partial charge is 0.232 e. The van der Waals surface area contributed by atoms with Gasteiger partial charge in [-0.2, -0.15) is 0 Å². The fraction of sp³-hybridized carbons (Fsp3) is 0.167. The monoisotopic (exact) mass is 169 g/mol. The van der Waals surface area contributed by atoms with E-state index < -0.39 is 5.91 Å². The molecule has 0 fully saturated rings. The summed E-state index contributed by atoms with van der Waals surface area (Å²) in [5.74, 6) is -0.687. The number of anilines is 1. The molecule has 1 heterocycles. The Labute approximate surface area is 67.5 Å². The normalized spacial score (nSPS) is 9.67. The Morgan fingerprint density at radius 2 is 2.33 bits per heavy atom. The second-order valence-corrected chi connectivity index (χ2v) is 2.17. The Kier molecular flexibility index (Phi) is 2.09. The molecular formula is C6H7N3O3. The second kappa shape index (κ2) is 3.04. The maximum atomic E-state index is 10.4. The van der Waals surface area contributed by atoms with Crippen molar-refractivity contribution in [2.24, 2.45) is 5.73 Å². The van der Waals surface area contributed by atoms with Crippen LogP contribution in [0.15, 0.2) is 4.52 Å². The maximum Gasteiger partial charge on any atom is 0.232 e. The number of aromatic nitrogens is 1. The van der Waals surface area contributed by atoms with Gasteiger partial charge in [-0.3, -0.25) is 9.59 Å². The van der Waals surface area contributed by atoms with Crippen molar-refractivity contribution in [3.05, 3.63) is 11.3 Å². The molecule has 4 N–H and O–H groups in total. The van der Waals surface area contributed by atoms with Gasteiger partial charge >= 0.3 is 0 Å². The number of amides is 1. The highest BCUT2D eigenvalue weighted by Gasteiger charge is 2.14. The molecule has 12 heavy (non-hydrogen) atoms. The van der Waals surface area contributed by atoms with Gasteiger partial charge in [-0.05, 0) is 0 Å². The SMILES string of the molecule is NC(=O)Cc1noc(N)c1C=O. The molecule has 6 nitrogen and oxygen atoms in total. The van der Waals surface area contributed by atoms with Crippen LogP contribution in [-0.4, -0.2) is 17.4 Å². The molecule has 0 saturated carbocycles. The summed E-state index contributed by atoms with van der Waals surface area (Å²) in [5, 5.41) is 3.39. The van der Waals surface area contributed by atoms with E-state index in [9.17, 15) is 9.59 Å². The van der Waals surface area contributed by atoms with E-state index in [-0.39, 0.29) is 23.6 Å². The van der Waals surface area contributed by atoms with Crippen molar-refractivity contribution in [3.63, 3.8) is 0 Å². The van der Waals surface area contributed by atoms with E-state index >= 15 is 0 Å². The van der Waals surface area contributed by atoms with Crippen molar-refractivity contribution in [1.82, 2.24) is 5.16 Å². The highest BCUT2D eigenvalue weighted by Crippen LogP contribution is 2.13. The number of carbonyl (C=O) groups excluding carboxylic acids is 2. The van der Waals surface area contributed by atoms with Crippen molar-refractivity contribution in [2.75, 3.05) is 5.73 Å². The molecule has 0 aliphatic carbocycles. The standard InChI is InChI=1S/C6H7N3O3/c7-5(11)1-4-3(2-10)6(8)12-9-4/h2H,1,8H2,(H2,7,11). The number of hydrogen-bond acceptors (Lipinski definition) is 5. The van der Waals surface area contributed by atoms with Gasteiger partial charge in [0.15, 0.2) is 6.29 Å². The number of hydrogen-bond donors (Lipinski definition) is 2. The van der Waals surface area contributed by atoms with Gasteiger partial charge in [0, 0.05) is 0 Å². The van der Waals surface area contributed by atoms with Crippen LogP contribution in [0.1, 0.15) is 16.1 Å². The zero-order chi connectivity index (χ0) is 9.14. The average Bonchev–Trinajstić information content (AvgIpc) is 2.30. The summed E-state index contributed by atoms with van der Waals surface area (Å²) in [6, 6.07) is 0. The predicted octanol–water partition coefficient (Wildman–Crippen LogP) is -0.903. The van der Waals surface area contributed by atoms with Gasteiger partial charge in [0.1, 0.15) is 11.3 Å². The average molecular weight is 169 g/mol. The van der Waals surface area contributed by atoms with Crippen LogP contribution in [-0.2, 0) is 11.2 Å². The molecule has 0 aliphatic heterocycles. The van der Waals surface area contributed by atoms with Crippen LogP contribution >= 0.6 is 0 Å². The van der Waals surface area contributed by atoms with Crippen LogP contribution in [0.25, 0.3) is 0 Å². The van der Waals surface area contributed by atoms with Crippen molar-refractivity contribution >= 4 is 18.1 Å². The van der Waals surface area contributed by atoms with Gasteiger partial charge in [-0.25, -0.2) is 0 Å². The first-order chi connectivity index (χ1) is 5.65. The molecule has 6 heteroatoms. The summed E-state index contributed by atoms with van der Waals surface area (Å²) in [6.07, 6.45) is 0.332. The lowest BCUT2D eigenvalue weighted by molar-refractivity contribution is -0.117. The van der Waals surface area contributed by atoms with E-state index in [1.54, 1.807) is 0 Å². The second-order valence-electron chi connectivity index (χ2n) is 2.17. The van der Waals surface area contributed by atoms with Crippen LogP contribution in [0.2, 0.25) is 0 Å². The molecule has 0 bridgehead atoms. The first-order valence-corrected chi connectivity index (χ1v) is 3.12. The Morgan fingerprint density at radius 3 is 2.83 bits per heavy atom. The Hall–Kier alpha value is -1.85. The highest BCUT2D eigenvalue weighted by molar-refractivity contribution is 5.86. The number of rotatable bonds is 3. The Bertz CT molecular complexity index is 318. The minimum atomic E-state index is -0.591. The van der Waals surface area contributed by atoms with E-state index in [0.717, 1.165) is 0 Å². The summed E-state index contributed by atoms with van der Waals surface area (Å²) in [5.41, 5.74) is 10.4. The third kappa shape index (κ3) is 1.42. The van der Waals surface area contributed by atoms with Crippen LogP contribution in [0, 0.1) is 0 Å². The van der Waals surface area contributed by atoms with Crippen LogP contribution < -0.4 is 11.5 Å². The molecule has 0 aromatic carbocycles. The van der Waals surface area contributed by atoms with Crippen molar-refractivity contribution in [2.45, 2.75) is 6.42 Å². The van der Waals surface area contributed by atoms with Crippen LogP contribution in [0.5, 0.6) is 0 Å². The van der Waals surface area contributed by atoms with Crippen molar-refractivity contribution < 1.29 is 14.1 Å². The third-order valence-corrected chi connectivity index (χ3v) is 1.29. The molecule has 0 radical (unpaired) electrons. The van der Waals surface area contributed by atoms with E-state index in [1.807, 2.05) is 0 Å². The van der Waals surface area contributed by atoms with E-state index in [0.29, 0.717) is 6.29 Å². The minimum Gasteiger partial charge on any atom is -0.369 e. The maximum absolute atomic E-state index is 10.4. The predicted molar refractivity (Wildman–Crippen MR) is 39.2 cm³/mol. The van der Waals surface area contributed by atoms with Gasteiger partial charge in [0.2, 0.25) is 11.8 Å². The van der Waals surface area contributed by atoms with Gasteiger partial charge in [-0.15, -0.1) is 0 Å². The fourth-order valence-electron chi connectivity index (χ4n) is 0.763. The van der Waals surface area contributed by atoms with E-state index in [4.69, 9.17) is 11.5 Å². The van der Waals surface area contributed by atoms with Gasteiger partial charge in [0.05, 0.1) is 6.42 Å². The molecule has 1 aromatic rings. The number of nitrogens with zero attached hydrogens (tertiary/aromatic N) is 1. The first-order valence-electron chi connectivity index (χ1n) is 3.12. The zero-order valence-electron chi connectivity index (χ0n) is 6.11. The number of carbonyl (C=O) groups is 2. The lowest BCUT2D eigenvalue weighted by Crippen LogP contribution is -2.14. The van der Waals surface area contributed by atoms with Gasteiger partial charge < -0.3 is 16.0 Å². The van der Waals surface area contributed by atoms with E-state index in [2.05, 4.69) is 9.68 Å². The molecule has 1 amide bonds. The first kappa shape index (κ1) is 8.25. The number of primary amides is 1.